The van der Waals surface area contributed by atoms with Gasteiger partial charge in [0.05, 0.1) is 11.1 Å². The molecular weight excluding hydrogens is 264 g/mol. The Morgan fingerprint density at radius 2 is 1.40 bits per heavy atom. The fourth-order valence-corrected chi connectivity index (χ4v) is 1.23. The maximum Gasteiger partial charge on any atom is 0.372 e. The van der Waals surface area contributed by atoms with Crippen molar-refractivity contribution in [3.63, 3.8) is 0 Å². The number of carboxylic acid groups (broad SMARTS) is 1. The van der Waals surface area contributed by atoms with E-state index < -0.39 is 11.9 Å². The van der Waals surface area contributed by atoms with Crippen LogP contribution in [0.1, 0.15) is 20.7 Å². The topological polar surface area (TPSA) is 104 Å². The van der Waals surface area contributed by atoms with Gasteiger partial charge in [0, 0.05) is 0 Å². The number of aromatic carboxylic acids is 1. The molecule has 0 spiro atoms. The molecule has 0 aliphatic heterocycles. The van der Waals surface area contributed by atoms with E-state index in [0.717, 1.165) is 0 Å². The third kappa shape index (κ3) is 4.79. The van der Waals surface area contributed by atoms with Gasteiger partial charge in [0.1, 0.15) is 5.75 Å². The molecule has 0 radical (unpaired) electrons. The highest BCUT2D eigenvalue weighted by atomic mass is 17.1. The summed E-state index contributed by atoms with van der Waals surface area (Å²) >= 11 is 0. The van der Waals surface area contributed by atoms with E-state index in [-0.39, 0.29) is 11.3 Å². The SMILES string of the molecule is O=C(O)c1ccc(O)cc1.O=C(OO)c1ccccc1. The number of aromatic hydroxyl groups is 1. The Balaban J connectivity index is 0.000000200. The molecule has 2 aromatic rings. The Morgan fingerprint density at radius 3 is 1.85 bits per heavy atom. The van der Waals surface area contributed by atoms with E-state index in [9.17, 15) is 9.59 Å². The van der Waals surface area contributed by atoms with Gasteiger partial charge < -0.3 is 10.2 Å². The molecule has 0 saturated heterocycles. The quantitative estimate of drug-likeness (QED) is 0.574. The zero-order valence-electron chi connectivity index (χ0n) is 10.3. The van der Waals surface area contributed by atoms with Crippen molar-refractivity contribution >= 4 is 11.9 Å². The molecule has 0 unspecified atom stereocenters. The third-order valence-corrected chi connectivity index (χ3v) is 2.21. The molecule has 6 heteroatoms. The van der Waals surface area contributed by atoms with Crippen molar-refractivity contribution in [2.45, 2.75) is 0 Å². The highest BCUT2D eigenvalue weighted by Gasteiger charge is 2.03. The number of rotatable bonds is 2. The normalized spacial score (nSPS) is 9.05. The molecule has 0 fully saturated rings. The van der Waals surface area contributed by atoms with E-state index in [2.05, 4.69) is 4.89 Å². The van der Waals surface area contributed by atoms with Crippen LogP contribution >= 0.6 is 0 Å². The van der Waals surface area contributed by atoms with Crippen LogP contribution in [-0.2, 0) is 4.89 Å². The van der Waals surface area contributed by atoms with E-state index in [1.807, 2.05) is 0 Å². The van der Waals surface area contributed by atoms with Crippen LogP contribution in [0, 0.1) is 0 Å². The van der Waals surface area contributed by atoms with Crippen molar-refractivity contribution in [1.82, 2.24) is 0 Å². The average Bonchev–Trinajstić information content (AvgIpc) is 2.48. The van der Waals surface area contributed by atoms with Crippen molar-refractivity contribution in [2.75, 3.05) is 0 Å². The van der Waals surface area contributed by atoms with Crippen LogP contribution in [0.2, 0.25) is 0 Å². The smallest absolute Gasteiger partial charge is 0.372 e. The first-order valence-electron chi connectivity index (χ1n) is 5.47. The molecule has 0 aliphatic carbocycles. The molecular formula is C14H12O6. The highest BCUT2D eigenvalue weighted by molar-refractivity contribution is 5.88. The Morgan fingerprint density at radius 1 is 0.850 bits per heavy atom. The van der Waals surface area contributed by atoms with Gasteiger partial charge in [0.2, 0.25) is 0 Å². The van der Waals surface area contributed by atoms with Crippen molar-refractivity contribution in [2.24, 2.45) is 0 Å². The summed E-state index contributed by atoms with van der Waals surface area (Å²) in [5.74, 6) is -1.65. The van der Waals surface area contributed by atoms with Crippen LogP contribution < -0.4 is 0 Å². The van der Waals surface area contributed by atoms with Gasteiger partial charge in [-0.3, -0.25) is 4.89 Å². The van der Waals surface area contributed by atoms with Crippen LogP contribution in [0.5, 0.6) is 5.75 Å². The third-order valence-electron chi connectivity index (χ3n) is 2.21. The maximum absolute atomic E-state index is 10.5. The van der Waals surface area contributed by atoms with Crippen LogP contribution in [0.25, 0.3) is 0 Å². The minimum atomic E-state index is -0.986. The summed E-state index contributed by atoms with van der Waals surface area (Å²) in [6.07, 6.45) is 0. The van der Waals surface area contributed by atoms with E-state index in [1.54, 1.807) is 30.3 Å². The number of benzene rings is 2. The number of carbonyl (C=O) groups excluding carboxylic acids is 1. The predicted molar refractivity (Wildman–Crippen MR) is 69.6 cm³/mol. The second-order valence-corrected chi connectivity index (χ2v) is 3.60. The molecule has 0 aliphatic rings. The van der Waals surface area contributed by atoms with E-state index in [1.165, 1.54) is 24.3 Å². The van der Waals surface area contributed by atoms with Gasteiger partial charge >= 0.3 is 11.9 Å². The van der Waals surface area contributed by atoms with Gasteiger partial charge in [0.15, 0.2) is 0 Å². The van der Waals surface area contributed by atoms with Crippen LogP contribution in [0.3, 0.4) is 0 Å². The first kappa shape index (κ1) is 15.2. The standard InChI is InChI=1S/2C7H6O3/c8-6-3-1-5(2-4-6)7(9)10;8-7(10-9)6-4-2-1-3-5-6/h1-4,8H,(H,9,10);1-5,9H. The molecule has 0 atom stereocenters. The Bertz CT molecular complexity index is 562. The average molecular weight is 276 g/mol. The lowest BCUT2D eigenvalue weighted by atomic mass is 10.2. The first-order valence-corrected chi connectivity index (χ1v) is 5.47. The number of hydrogen-bond donors (Lipinski definition) is 3. The molecule has 3 N–H and O–H groups in total. The summed E-state index contributed by atoms with van der Waals surface area (Å²) in [6.45, 7) is 0. The monoisotopic (exact) mass is 276 g/mol. The zero-order chi connectivity index (χ0) is 15.0. The predicted octanol–water partition coefficient (Wildman–Crippen LogP) is 2.41. The zero-order valence-corrected chi connectivity index (χ0v) is 10.3. The van der Waals surface area contributed by atoms with Gasteiger partial charge in [0.25, 0.3) is 0 Å². The van der Waals surface area contributed by atoms with Crippen LogP contribution in [0.4, 0.5) is 0 Å². The van der Waals surface area contributed by atoms with E-state index in [0.29, 0.717) is 5.56 Å². The summed E-state index contributed by atoms with van der Waals surface area (Å²) < 4.78 is 0. The van der Waals surface area contributed by atoms with E-state index >= 15 is 0 Å². The van der Waals surface area contributed by atoms with Crippen LogP contribution in [0.15, 0.2) is 54.6 Å². The fraction of sp³-hybridized carbons (Fsp3) is 0. The lowest BCUT2D eigenvalue weighted by molar-refractivity contribution is -0.182. The summed E-state index contributed by atoms with van der Waals surface area (Å²) in [5, 5.41) is 25.1. The number of phenolic OH excluding ortho intramolecular Hbond substituents is 1. The number of carbonyl (C=O) groups is 2. The van der Waals surface area contributed by atoms with Gasteiger partial charge in [-0.15, -0.1) is 0 Å². The van der Waals surface area contributed by atoms with Gasteiger partial charge in [-0.25, -0.2) is 9.59 Å². The molecule has 2 rings (SSSR count). The molecule has 0 aromatic heterocycles. The van der Waals surface area contributed by atoms with Crippen LogP contribution in [-0.4, -0.2) is 27.4 Å². The summed E-state index contributed by atoms with van der Waals surface area (Å²) in [7, 11) is 0. The molecule has 104 valence electrons. The van der Waals surface area contributed by atoms with Crippen molar-refractivity contribution < 1.29 is 29.9 Å². The Kier molecular flexibility index (Phi) is 5.74. The minimum Gasteiger partial charge on any atom is -0.508 e. The van der Waals surface area contributed by atoms with Crippen molar-refractivity contribution in [1.29, 1.82) is 0 Å². The molecule has 6 nitrogen and oxygen atoms in total. The second kappa shape index (κ2) is 7.55. The fourth-order valence-electron chi connectivity index (χ4n) is 1.23. The summed E-state index contributed by atoms with van der Waals surface area (Å²) in [6, 6.07) is 13.6. The Labute approximate surface area is 114 Å². The largest absolute Gasteiger partial charge is 0.508 e. The van der Waals surface area contributed by atoms with Gasteiger partial charge in [-0.05, 0) is 36.4 Å². The summed E-state index contributed by atoms with van der Waals surface area (Å²) in [4.78, 5) is 24.3. The maximum atomic E-state index is 10.5. The van der Waals surface area contributed by atoms with Gasteiger partial charge in [-0.1, -0.05) is 18.2 Å². The minimum absolute atomic E-state index is 0.0741. The second-order valence-electron chi connectivity index (χ2n) is 3.60. The molecule has 0 heterocycles. The van der Waals surface area contributed by atoms with Crippen molar-refractivity contribution in [3.8, 4) is 5.75 Å². The number of phenols is 1. The lowest BCUT2D eigenvalue weighted by Gasteiger charge is -1.92. The molecule has 0 bridgehead atoms. The molecule has 2 aromatic carbocycles. The lowest BCUT2D eigenvalue weighted by Crippen LogP contribution is -2.00. The number of hydrogen-bond acceptors (Lipinski definition) is 5. The van der Waals surface area contributed by atoms with E-state index in [4.69, 9.17) is 15.5 Å². The first-order chi connectivity index (χ1) is 9.54. The molecule has 0 saturated carbocycles. The number of carboxylic acids is 1. The summed E-state index contributed by atoms with van der Waals surface area (Å²) in [5.41, 5.74) is 0.516. The highest BCUT2D eigenvalue weighted by Crippen LogP contribution is 2.08. The Hall–Kier alpha value is -2.86. The van der Waals surface area contributed by atoms with Crippen molar-refractivity contribution in [3.05, 3.63) is 65.7 Å². The molecule has 0 amide bonds. The molecule has 20 heavy (non-hydrogen) atoms. The van der Waals surface area contributed by atoms with Gasteiger partial charge in [-0.2, -0.15) is 5.26 Å².